The Balaban J connectivity index is 1.75. The summed E-state index contributed by atoms with van der Waals surface area (Å²) in [7, 11) is 0. The molecule has 1 aliphatic heterocycles. The Bertz CT molecular complexity index is 959. The Hall–Kier alpha value is -2.43. The van der Waals surface area contributed by atoms with E-state index in [9.17, 15) is 4.79 Å². The molecule has 0 unspecified atom stereocenters. The summed E-state index contributed by atoms with van der Waals surface area (Å²) in [5, 5.41) is 4.24. The van der Waals surface area contributed by atoms with Gasteiger partial charge in [-0.05, 0) is 50.8 Å². The van der Waals surface area contributed by atoms with Crippen molar-refractivity contribution in [2.75, 3.05) is 18.4 Å². The Kier molecular flexibility index (Phi) is 6.12. The summed E-state index contributed by atoms with van der Waals surface area (Å²) in [6.45, 7) is 6.73. The highest BCUT2D eigenvalue weighted by molar-refractivity contribution is 7.16. The van der Waals surface area contributed by atoms with Gasteiger partial charge in [-0.25, -0.2) is 0 Å². The molecule has 1 aromatic heterocycles. The van der Waals surface area contributed by atoms with Crippen LogP contribution in [0.2, 0.25) is 0 Å². The van der Waals surface area contributed by atoms with Crippen LogP contribution in [0.15, 0.2) is 60.7 Å². The monoisotopic (exact) mass is 405 g/mol. The van der Waals surface area contributed by atoms with Gasteiger partial charge in [0, 0.05) is 16.0 Å². The molecule has 150 valence electrons. The van der Waals surface area contributed by atoms with Crippen LogP contribution in [0.25, 0.3) is 0 Å². The molecule has 2 heterocycles. The topological polar surface area (TPSA) is 33.5 Å². The molecule has 1 aliphatic rings. The summed E-state index contributed by atoms with van der Waals surface area (Å²) in [6, 6.07) is 20.6. The van der Waals surface area contributed by atoms with Crippen LogP contribution >= 0.6 is 11.3 Å². The van der Waals surface area contributed by atoms with Crippen LogP contribution in [0.5, 0.6) is 0 Å². The highest BCUT2D eigenvalue weighted by Gasteiger charge is 2.33. The number of quaternary nitrogens is 1. The molecule has 0 aliphatic carbocycles. The zero-order valence-corrected chi connectivity index (χ0v) is 18.0. The van der Waals surface area contributed by atoms with Gasteiger partial charge in [0.1, 0.15) is 11.0 Å². The number of amides is 1. The van der Waals surface area contributed by atoms with Crippen LogP contribution in [0.4, 0.5) is 5.00 Å². The molecule has 2 aromatic carbocycles. The van der Waals surface area contributed by atoms with Crippen molar-refractivity contribution in [3.8, 4) is 0 Å². The first-order chi connectivity index (χ1) is 14.1. The standard InChI is InChI=1S/C25H28N2OS/c1-18-19(2)29-25(26-24(28)21-14-8-4-9-15-21)22(18)23(20-12-6-3-7-13-20)27-16-10-5-11-17-27/h3-4,6-9,12-15,23H,5,10-11,16-17H2,1-2H3,(H,26,28)/p+1/t23-/m0/s1. The number of hydrogen-bond acceptors (Lipinski definition) is 2. The maximum atomic E-state index is 12.9. The van der Waals surface area contributed by atoms with Gasteiger partial charge < -0.3 is 10.2 Å². The van der Waals surface area contributed by atoms with Crippen LogP contribution in [-0.2, 0) is 0 Å². The molecule has 1 saturated heterocycles. The molecular formula is C25H29N2OS+. The van der Waals surface area contributed by atoms with Gasteiger partial charge in [-0.2, -0.15) is 0 Å². The number of rotatable bonds is 5. The van der Waals surface area contributed by atoms with Gasteiger partial charge in [-0.1, -0.05) is 48.5 Å². The van der Waals surface area contributed by atoms with Gasteiger partial charge in [0.05, 0.1) is 18.7 Å². The molecular weight excluding hydrogens is 376 g/mol. The molecule has 0 bridgehead atoms. The van der Waals surface area contributed by atoms with Crippen molar-refractivity contribution < 1.29 is 9.69 Å². The van der Waals surface area contributed by atoms with Crippen molar-refractivity contribution in [2.45, 2.75) is 39.2 Å². The number of piperidine rings is 1. The molecule has 1 fully saturated rings. The number of carbonyl (C=O) groups excluding carboxylic acids is 1. The highest BCUT2D eigenvalue weighted by atomic mass is 32.1. The summed E-state index contributed by atoms with van der Waals surface area (Å²) >= 11 is 1.71. The minimum Gasteiger partial charge on any atom is -0.325 e. The molecule has 0 radical (unpaired) electrons. The van der Waals surface area contributed by atoms with Gasteiger partial charge in [0.25, 0.3) is 5.91 Å². The summed E-state index contributed by atoms with van der Waals surface area (Å²) < 4.78 is 0. The summed E-state index contributed by atoms with van der Waals surface area (Å²) in [5.41, 5.74) is 4.63. The molecule has 3 nitrogen and oxygen atoms in total. The van der Waals surface area contributed by atoms with Gasteiger partial charge in [-0.3, -0.25) is 4.79 Å². The summed E-state index contributed by atoms with van der Waals surface area (Å²) in [4.78, 5) is 15.8. The SMILES string of the molecule is Cc1sc(NC(=O)c2ccccc2)c([C@H](c2ccccc2)[NH+]2CCCCC2)c1C. The van der Waals surface area contributed by atoms with E-state index in [1.807, 2.05) is 30.3 Å². The lowest BCUT2D eigenvalue weighted by Gasteiger charge is -2.32. The van der Waals surface area contributed by atoms with Crippen molar-refractivity contribution in [3.05, 3.63) is 87.8 Å². The third-order valence-electron chi connectivity index (χ3n) is 6.02. The quantitative estimate of drug-likeness (QED) is 0.630. The van der Waals surface area contributed by atoms with Crippen LogP contribution in [0.1, 0.15) is 57.2 Å². The lowest BCUT2D eigenvalue weighted by atomic mass is 9.93. The smallest absolute Gasteiger partial charge is 0.256 e. The van der Waals surface area contributed by atoms with E-state index in [0.717, 1.165) is 5.00 Å². The Morgan fingerprint density at radius 3 is 2.21 bits per heavy atom. The van der Waals surface area contributed by atoms with Crippen LogP contribution in [0, 0.1) is 13.8 Å². The number of nitrogens with one attached hydrogen (secondary N) is 2. The van der Waals surface area contributed by atoms with Gasteiger partial charge in [0.15, 0.2) is 0 Å². The van der Waals surface area contributed by atoms with E-state index in [1.54, 1.807) is 16.2 Å². The predicted molar refractivity (Wildman–Crippen MR) is 121 cm³/mol. The van der Waals surface area contributed by atoms with Crippen molar-refractivity contribution in [1.82, 2.24) is 0 Å². The normalized spacial score (nSPS) is 15.8. The predicted octanol–water partition coefficient (Wildman–Crippen LogP) is 4.78. The third-order valence-corrected chi connectivity index (χ3v) is 7.16. The van der Waals surface area contributed by atoms with Gasteiger partial charge >= 0.3 is 0 Å². The fourth-order valence-electron chi connectivity index (χ4n) is 4.40. The van der Waals surface area contributed by atoms with E-state index in [1.165, 1.54) is 53.9 Å². The molecule has 3 aromatic rings. The van der Waals surface area contributed by atoms with E-state index >= 15 is 0 Å². The Morgan fingerprint density at radius 1 is 0.931 bits per heavy atom. The third kappa shape index (κ3) is 4.29. The van der Waals surface area contributed by atoms with Crippen LogP contribution < -0.4 is 10.2 Å². The van der Waals surface area contributed by atoms with Gasteiger partial charge in [0.2, 0.25) is 0 Å². The summed E-state index contributed by atoms with van der Waals surface area (Å²) in [6.07, 6.45) is 3.86. The Labute approximate surface area is 177 Å². The maximum Gasteiger partial charge on any atom is 0.256 e. The number of hydrogen-bond donors (Lipinski definition) is 2. The molecule has 1 amide bonds. The fraction of sp³-hybridized carbons (Fsp3) is 0.320. The molecule has 29 heavy (non-hydrogen) atoms. The van der Waals surface area contributed by atoms with E-state index in [0.29, 0.717) is 5.56 Å². The fourth-order valence-corrected chi connectivity index (χ4v) is 5.49. The second-order valence-corrected chi connectivity index (χ2v) is 9.13. The molecule has 4 rings (SSSR count). The molecule has 0 saturated carbocycles. The number of aryl methyl sites for hydroxylation is 1. The lowest BCUT2D eigenvalue weighted by Crippen LogP contribution is -3.13. The summed E-state index contributed by atoms with van der Waals surface area (Å²) in [5.74, 6) is -0.0337. The first-order valence-electron chi connectivity index (χ1n) is 10.5. The number of thiophene rings is 1. The molecule has 1 atom stereocenters. The first kappa shape index (κ1) is 19.9. The van der Waals surface area contributed by atoms with Crippen molar-refractivity contribution in [1.29, 1.82) is 0 Å². The van der Waals surface area contributed by atoms with Crippen LogP contribution in [-0.4, -0.2) is 19.0 Å². The zero-order valence-electron chi connectivity index (χ0n) is 17.2. The second kappa shape index (κ2) is 8.93. The van der Waals surface area contributed by atoms with Crippen molar-refractivity contribution >= 4 is 22.2 Å². The van der Waals surface area contributed by atoms with E-state index in [2.05, 4.69) is 49.5 Å². The zero-order chi connectivity index (χ0) is 20.2. The van der Waals surface area contributed by atoms with Crippen LogP contribution in [0.3, 0.4) is 0 Å². The molecule has 2 N–H and O–H groups in total. The number of benzene rings is 2. The van der Waals surface area contributed by atoms with E-state index in [-0.39, 0.29) is 11.9 Å². The minimum absolute atomic E-state index is 0.0337. The molecule has 4 heteroatoms. The maximum absolute atomic E-state index is 12.9. The average molecular weight is 406 g/mol. The Morgan fingerprint density at radius 2 is 1.55 bits per heavy atom. The lowest BCUT2D eigenvalue weighted by molar-refractivity contribution is -0.930. The second-order valence-electron chi connectivity index (χ2n) is 7.91. The number of likely N-dealkylation sites (tertiary alicyclic amines) is 1. The average Bonchev–Trinajstić information content (AvgIpc) is 3.04. The van der Waals surface area contributed by atoms with E-state index < -0.39 is 0 Å². The van der Waals surface area contributed by atoms with Crippen molar-refractivity contribution in [3.63, 3.8) is 0 Å². The number of carbonyl (C=O) groups is 1. The molecule has 0 spiro atoms. The van der Waals surface area contributed by atoms with E-state index in [4.69, 9.17) is 0 Å². The largest absolute Gasteiger partial charge is 0.325 e. The first-order valence-corrected chi connectivity index (χ1v) is 11.3. The minimum atomic E-state index is -0.0337. The van der Waals surface area contributed by atoms with Gasteiger partial charge in [-0.15, -0.1) is 11.3 Å². The van der Waals surface area contributed by atoms with Crippen molar-refractivity contribution in [2.24, 2.45) is 0 Å². The number of anilines is 1. The highest BCUT2D eigenvalue weighted by Crippen LogP contribution is 2.38.